The first-order valence-corrected chi connectivity index (χ1v) is 5.44. The topological polar surface area (TPSA) is 75.7 Å². The molecule has 0 unspecified atom stereocenters. The van der Waals surface area contributed by atoms with Crippen LogP contribution in [0.2, 0.25) is 0 Å². The lowest BCUT2D eigenvalue weighted by Gasteiger charge is -2.20. The van der Waals surface area contributed by atoms with Gasteiger partial charge in [-0.15, -0.1) is 12.4 Å². The van der Waals surface area contributed by atoms with Crippen LogP contribution in [0.25, 0.3) is 0 Å². The predicted octanol–water partition coefficient (Wildman–Crippen LogP) is 1.59. The number of rotatable bonds is 4. The lowest BCUT2D eigenvalue weighted by Crippen LogP contribution is -2.27. The van der Waals surface area contributed by atoms with Crippen molar-refractivity contribution in [1.82, 2.24) is 0 Å². The summed E-state index contributed by atoms with van der Waals surface area (Å²) >= 11 is 0. The summed E-state index contributed by atoms with van der Waals surface area (Å²) in [6.07, 6.45) is 1.47. The number of phenolic OH excluding ortho intramolecular Hbond substituents is 1. The minimum Gasteiger partial charge on any atom is -0.507 e. The molecule has 1 fully saturated rings. The summed E-state index contributed by atoms with van der Waals surface area (Å²) in [7, 11) is 1.54. The summed E-state index contributed by atoms with van der Waals surface area (Å²) in [4.78, 5) is 0. The van der Waals surface area contributed by atoms with Gasteiger partial charge in [-0.05, 0) is 30.9 Å². The Morgan fingerprint density at radius 1 is 1.41 bits per heavy atom. The molecule has 2 atom stereocenters. The van der Waals surface area contributed by atoms with Crippen LogP contribution in [0.3, 0.4) is 0 Å². The van der Waals surface area contributed by atoms with Crippen LogP contribution >= 0.6 is 12.4 Å². The van der Waals surface area contributed by atoms with E-state index in [1.807, 2.05) is 0 Å². The van der Waals surface area contributed by atoms with E-state index in [1.165, 1.54) is 13.2 Å². The molecule has 0 amide bonds. The smallest absolute Gasteiger partial charge is 0.124 e. The summed E-state index contributed by atoms with van der Waals surface area (Å²) in [5, 5.41) is 19.7. The Kier molecular flexibility index (Phi) is 4.62. The molecule has 0 spiro atoms. The molecule has 1 saturated carbocycles. The van der Waals surface area contributed by atoms with Crippen LogP contribution in [-0.4, -0.2) is 23.4 Å². The number of aliphatic hydroxyl groups excluding tert-OH is 1. The van der Waals surface area contributed by atoms with Crippen molar-refractivity contribution >= 4 is 12.4 Å². The van der Waals surface area contributed by atoms with Gasteiger partial charge in [0.2, 0.25) is 0 Å². The van der Waals surface area contributed by atoms with Gasteiger partial charge in [-0.25, -0.2) is 0 Å². The largest absolute Gasteiger partial charge is 0.507 e. The van der Waals surface area contributed by atoms with Gasteiger partial charge in [-0.1, -0.05) is 0 Å². The van der Waals surface area contributed by atoms with E-state index in [2.05, 4.69) is 0 Å². The summed E-state index contributed by atoms with van der Waals surface area (Å²) < 4.78 is 4.99. The zero-order valence-corrected chi connectivity index (χ0v) is 10.5. The SMILES string of the molecule is COc1ccc([C@@H](N)[C@@H](O)C2CC2)c(O)c1.Cl. The summed E-state index contributed by atoms with van der Waals surface area (Å²) in [6.45, 7) is 0. The fourth-order valence-corrected chi connectivity index (χ4v) is 1.85. The monoisotopic (exact) mass is 259 g/mol. The number of hydrogen-bond donors (Lipinski definition) is 3. The molecule has 1 aromatic carbocycles. The van der Waals surface area contributed by atoms with Gasteiger partial charge in [-0.3, -0.25) is 0 Å². The number of ether oxygens (including phenoxy) is 1. The molecule has 2 rings (SSSR count). The standard InChI is InChI=1S/C12H17NO3.ClH/c1-16-8-4-5-9(10(14)6-8)11(13)12(15)7-2-3-7;/h4-7,11-12,14-15H,2-3,13H2,1H3;1H/t11-,12+;/m1./s1. The predicted molar refractivity (Wildman–Crippen MR) is 67.6 cm³/mol. The second-order valence-electron chi connectivity index (χ2n) is 4.28. The van der Waals surface area contributed by atoms with E-state index < -0.39 is 12.1 Å². The molecule has 1 aliphatic carbocycles. The van der Waals surface area contributed by atoms with Crippen LogP contribution in [0.15, 0.2) is 18.2 Å². The fourth-order valence-electron chi connectivity index (χ4n) is 1.85. The maximum absolute atomic E-state index is 9.89. The van der Waals surface area contributed by atoms with Crippen LogP contribution in [0.1, 0.15) is 24.4 Å². The third kappa shape index (κ3) is 3.03. The number of hydrogen-bond acceptors (Lipinski definition) is 4. The first-order valence-electron chi connectivity index (χ1n) is 5.44. The van der Waals surface area contributed by atoms with E-state index in [0.717, 1.165) is 12.8 Å². The van der Waals surface area contributed by atoms with E-state index in [4.69, 9.17) is 10.5 Å². The van der Waals surface area contributed by atoms with Gasteiger partial charge in [0.25, 0.3) is 0 Å². The Bertz CT molecular complexity index is 382. The molecule has 0 heterocycles. The number of methoxy groups -OCH3 is 1. The highest BCUT2D eigenvalue weighted by molar-refractivity contribution is 5.85. The highest BCUT2D eigenvalue weighted by atomic mass is 35.5. The minimum atomic E-state index is -0.570. The molecule has 1 aromatic rings. The van der Waals surface area contributed by atoms with E-state index in [1.54, 1.807) is 12.1 Å². The quantitative estimate of drug-likeness (QED) is 0.768. The van der Waals surface area contributed by atoms with E-state index in [0.29, 0.717) is 11.3 Å². The van der Waals surface area contributed by atoms with Gasteiger partial charge in [-0.2, -0.15) is 0 Å². The first-order chi connectivity index (χ1) is 7.63. The molecule has 0 aromatic heterocycles. The van der Waals surface area contributed by atoms with E-state index in [9.17, 15) is 10.2 Å². The third-order valence-corrected chi connectivity index (χ3v) is 3.07. The number of nitrogens with two attached hydrogens (primary N) is 1. The number of phenols is 1. The maximum atomic E-state index is 9.89. The number of benzene rings is 1. The average Bonchev–Trinajstić information content (AvgIpc) is 3.10. The lowest BCUT2D eigenvalue weighted by molar-refractivity contribution is 0.121. The van der Waals surface area contributed by atoms with Gasteiger partial charge in [0.1, 0.15) is 11.5 Å². The Hall–Kier alpha value is -0.970. The van der Waals surface area contributed by atoms with E-state index in [-0.39, 0.29) is 24.1 Å². The van der Waals surface area contributed by atoms with Gasteiger partial charge in [0.05, 0.1) is 19.3 Å². The van der Waals surface area contributed by atoms with Crippen LogP contribution in [0.4, 0.5) is 0 Å². The molecule has 5 heteroatoms. The number of aromatic hydroxyl groups is 1. The fraction of sp³-hybridized carbons (Fsp3) is 0.500. The zero-order valence-electron chi connectivity index (χ0n) is 9.67. The Labute approximate surface area is 107 Å². The van der Waals surface area contributed by atoms with Crippen molar-refractivity contribution in [2.45, 2.75) is 25.0 Å². The molecule has 96 valence electrons. The van der Waals surface area contributed by atoms with Crippen LogP contribution in [0.5, 0.6) is 11.5 Å². The van der Waals surface area contributed by atoms with Crippen molar-refractivity contribution in [3.05, 3.63) is 23.8 Å². The summed E-state index contributed by atoms with van der Waals surface area (Å²) in [5.41, 5.74) is 6.49. The average molecular weight is 260 g/mol. The van der Waals surface area contributed by atoms with Crippen molar-refractivity contribution in [3.8, 4) is 11.5 Å². The van der Waals surface area contributed by atoms with Crippen LogP contribution < -0.4 is 10.5 Å². The Balaban J connectivity index is 0.00000144. The third-order valence-electron chi connectivity index (χ3n) is 3.07. The molecule has 0 radical (unpaired) electrons. The highest BCUT2D eigenvalue weighted by Crippen LogP contribution is 2.39. The van der Waals surface area contributed by atoms with Crippen LogP contribution in [0, 0.1) is 5.92 Å². The van der Waals surface area contributed by atoms with Crippen molar-refractivity contribution in [2.24, 2.45) is 11.7 Å². The van der Waals surface area contributed by atoms with Gasteiger partial charge < -0.3 is 20.7 Å². The van der Waals surface area contributed by atoms with Crippen molar-refractivity contribution in [3.63, 3.8) is 0 Å². The minimum absolute atomic E-state index is 0. The van der Waals surface area contributed by atoms with E-state index >= 15 is 0 Å². The maximum Gasteiger partial charge on any atom is 0.124 e. The molecular weight excluding hydrogens is 242 g/mol. The first kappa shape index (κ1) is 14.1. The number of halogens is 1. The van der Waals surface area contributed by atoms with Crippen molar-refractivity contribution < 1.29 is 14.9 Å². The Morgan fingerprint density at radius 3 is 2.53 bits per heavy atom. The van der Waals surface area contributed by atoms with Gasteiger partial charge in [0, 0.05) is 11.6 Å². The second kappa shape index (κ2) is 5.58. The number of aliphatic hydroxyl groups is 1. The molecule has 17 heavy (non-hydrogen) atoms. The highest BCUT2D eigenvalue weighted by Gasteiger charge is 2.35. The van der Waals surface area contributed by atoms with Crippen LogP contribution in [-0.2, 0) is 0 Å². The van der Waals surface area contributed by atoms with Gasteiger partial charge >= 0.3 is 0 Å². The summed E-state index contributed by atoms with van der Waals surface area (Å²) in [5.74, 6) is 0.942. The molecule has 0 aliphatic heterocycles. The molecule has 4 nitrogen and oxygen atoms in total. The van der Waals surface area contributed by atoms with Gasteiger partial charge in [0.15, 0.2) is 0 Å². The zero-order chi connectivity index (χ0) is 11.7. The molecule has 1 aliphatic rings. The molecule has 4 N–H and O–H groups in total. The molecular formula is C12H18ClNO3. The normalized spacial score (nSPS) is 18.1. The lowest BCUT2D eigenvalue weighted by atomic mass is 9.98. The molecule has 0 bridgehead atoms. The van der Waals surface area contributed by atoms with Crippen molar-refractivity contribution in [2.75, 3.05) is 7.11 Å². The molecule has 0 saturated heterocycles. The summed E-state index contributed by atoms with van der Waals surface area (Å²) in [6, 6.07) is 4.41. The van der Waals surface area contributed by atoms with Crippen molar-refractivity contribution in [1.29, 1.82) is 0 Å². The Morgan fingerprint density at radius 2 is 2.06 bits per heavy atom. The second-order valence-corrected chi connectivity index (χ2v) is 4.28.